The number of thiophene rings is 1. The number of fused-ring (bicyclic) bond motifs is 1. The van der Waals surface area contributed by atoms with E-state index >= 15 is 0 Å². The molecule has 0 spiro atoms. The largest absolute Gasteiger partial charge is 0.485 e. The Hall–Kier alpha value is -3.02. The first kappa shape index (κ1) is 30.9. The summed E-state index contributed by atoms with van der Waals surface area (Å²) in [6.45, 7) is 2.21. The van der Waals surface area contributed by atoms with Crippen LogP contribution in [0.15, 0.2) is 65.1 Å². The van der Waals surface area contributed by atoms with Crippen molar-refractivity contribution in [2.75, 3.05) is 6.61 Å². The van der Waals surface area contributed by atoms with Crippen LogP contribution in [0.3, 0.4) is 0 Å². The first-order valence-electron chi connectivity index (χ1n) is 11.6. The molecule has 2 heterocycles. The topological polar surface area (TPSA) is 141 Å². The number of aromatic nitrogens is 1. The molecule has 1 unspecified atom stereocenters. The molecule has 2 aromatic heterocycles. The molecule has 2 aromatic carbocycles. The predicted molar refractivity (Wildman–Crippen MR) is 145 cm³/mol. The van der Waals surface area contributed by atoms with E-state index in [1.807, 2.05) is 39.9 Å². The van der Waals surface area contributed by atoms with Crippen LogP contribution in [0.2, 0.25) is 5.02 Å². The van der Waals surface area contributed by atoms with Crippen molar-refractivity contribution in [1.29, 1.82) is 5.26 Å². The summed E-state index contributed by atoms with van der Waals surface area (Å²) < 4.78 is 89.1. The molecule has 16 heteroatoms. The van der Waals surface area contributed by atoms with E-state index in [1.54, 1.807) is 12.1 Å². The zero-order valence-corrected chi connectivity index (χ0v) is 24.2. The van der Waals surface area contributed by atoms with Crippen LogP contribution >= 0.6 is 30.5 Å². The quantitative estimate of drug-likeness (QED) is 0.166. The van der Waals surface area contributed by atoms with Gasteiger partial charge in [0.05, 0.1) is 22.2 Å². The summed E-state index contributed by atoms with van der Waals surface area (Å²) in [6.07, 6.45) is -1.32. The van der Waals surface area contributed by atoms with Gasteiger partial charge in [-0.1, -0.05) is 23.7 Å². The molecule has 4 aromatic rings. The van der Waals surface area contributed by atoms with Crippen molar-refractivity contribution in [2.45, 2.75) is 29.6 Å². The average Bonchev–Trinajstić information content (AvgIpc) is 3.25. The molecular weight excluding hydrogens is 626 g/mol. The van der Waals surface area contributed by atoms with Gasteiger partial charge in [0.25, 0.3) is 10.0 Å². The molecule has 0 amide bonds. The second-order valence-electron chi connectivity index (χ2n) is 8.75. The van der Waals surface area contributed by atoms with Gasteiger partial charge in [0.1, 0.15) is 22.3 Å². The number of rotatable bonds is 9. The van der Waals surface area contributed by atoms with Gasteiger partial charge in [-0.25, -0.2) is 13.0 Å². The van der Waals surface area contributed by atoms with E-state index in [1.165, 1.54) is 13.0 Å². The Morgan fingerprint density at radius 1 is 1.20 bits per heavy atom. The van der Waals surface area contributed by atoms with Crippen LogP contribution in [-0.2, 0) is 27.3 Å². The molecule has 3 N–H and O–H groups in total. The van der Waals surface area contributed by atoms with Crippen LogP contribution < -0.4 is 14.0 Å². The maximum Gasteiger partial charge on any atom is 0.417 e. The Morgan fingerprint density at radius 3 is 2.49 bits per heavy atom. The number of halogens is 4. The fraction of sp³-hybridized carbons (Fsp3) is 0.200. The lowest BCUT2D eigenvalue weighted by Gasteiger charge is -2.21. The highest BCUT2D eigenvalue weighted by atomic mass is 35.5. The fourth-order valence-corrected chi connectivity index (χ4v) is 8.83. The van der Waals surface area contributed by atoms with Crippen molar-refractivity contribution in [1.82, 2.24) is 4.72 Å². The van der Waals surface area contributed by atoms with Gasteiger partial charge in [0.15, 0.2) is 18.9 Å². The van der Waals surface area contributed by atoms with Gasteiger partial charge in [0, 0.05) is 22.2 Å². The maximum absolute atomic E-state index is 13.5. The number of nitrogens with one attached hydrogen (secondary N) is 1. The van der Waals surface area contributed by atoms with Crippen molar-refractivity contribution in [3.63, 3.8) is 0 Å². The average molecular weight is 647 g/mol. The number of aryl methyl sites for hydroxylation is 1. The molecule has 0 saturated heterocycles. The lowest BCUT2D eigenvalue weighted by atomic mass is 10.0. The minimum atomic E-state index is -5.40. The van der Waals surface area contributed by atoms with E-state index in [4.69, 9.17) is 21.6 Å². The maximum atomic E-state index is 13.5. The van der Waals surface area contributed by atoms with Gasteiger partial charge in [-0.05, 0) is 42.3 Å². The van der Waals surface area contributed by atoms with Crippen molar-refractivity contribution >= 4 is 50.6 Å². The zero-order valence-electron chi connectivity index (χ0n) is 21.0. The van der Waals surface area contributed by atoms with Gasteiger partial charge in [-0.3, -0.25) is 4.57 Å². The van der Waals surface area contributed by atoms with Gasteiger partial charge < -0.3 is 14.5 Å². The number of nitriles is 1. The Balaban J connectivity index is 1.68. The molecule has 0 aliphatic rings. The number of hydrogen-bond acceptors (Lipinski definition) is 6. The summed E-state index contributed by atoms with van der Waals surface area (Å²) >= 11 is 7.32. The molecule has 0 aliphatic carbocycles. The molecule has 216 valence electrons. The van der Waals surface area contributed by atoms with Crippen LogP contribution in [0.5, 0.6) is 5.75 Å². The summed E-state index contributed by atoms with van der Waals surface area (Å²) in [6, 6.07) is 12.0. The van der Waals surface area contributed by atoms with Crippen LogP contribution in [0.1, 0.15) is 28.0 Å². The number of sulfonamides is 1. The molecule has 0 bridgehead atoms. The lowest BCUT2D eigenvalue weighted by molar-refractivity contribution is -0.697. The molecule has 4 rings (SSSR count). The van der Waals surface area contributed by atoms with Crippen LogP contribution in [0.4, 0.5) is 13.2 Å². The highest BCUT2D eigenvalue weighted by Crippen LogP contribution is 2.52. The summed E-state index contributed by atoms with van der Waals surface area (Å²) in [5.74, 6) is -2.07. The SMILES string of the molecule is Cc1c(S(=O)(=O)NC(c2ccc(C#N)c(C(F)(F)F)c2)P(=O)(O)O)sc2ccc(OCC[n+]3ccccc3)c(Cl)c12. The van der Waals surface area contributed by atoms with Crippen LogP contribution in [0.25, 0.3) is 10.1 Å². The Kier molecular flexibility index (Phi) is 8.82. The van der Waals surface area contributed by atoms with E-state index in [0.717, 1.165) is 23.5 Å². The van der Waals surface area contributed by atoms with Crippen molar-refractivity contribution in [3.8, 4) is 11.8 Å². The standard InChI is InChI=1S/C25H20ClF3N3O6PS2/c1-15-21-20(8-7-19(22(21)26)38-12-11-32-9-3-2-4-10-32)40-24(15)41(36,37)31-23(39(33,34)35)16-5-6-17(14-30)18(13-16)25(27,28)29/h2-10,13,23,31H,11-12H2,1H3,(H-,33,34,35)/p+1. The number of alkyl halides is 3. The number of nitrogens with zero attached hydrogens (tertiary/aromatic N) is 2. The summed E-state index contributed by atoms with van der Waals surface area (Å²) in [5, 5.41) is 9.48. The molecule has 0 radical (unpaired) electrons. The Labute approximate surface area is 241 Å². The van der Waals surface area contributed by atoms with Gasteiger partial charge in [-0.15, -0.1) is 11.3 Å². The second-order valence-corrected chi connectivity index (χ2v) is 13.8. The van der Waals surface area contributed by atoms with Gasteiger partial charge in [0.2, 0.25) is 0 Å². The number of benzene rings is 2. The van der Waals surface area contributed by atoms with Crippen LogP contribution in [-0.4, -0.2) is 24.8 Å². The molecule has 9 nitrogen and oxygen atoms in total. The normalized spacial score (nSPS) is 13.2. The van der Waals surface area contributed by atoms with Gasteiger partial charge in [-0.2, -0.15) is 23.2 Å². The third-order valence-corrected chi connectivity index (χ3v) is 10.9. The molecular formula is C25H21ClF3N3O6PS2+. The van der Waals surface area contributed by atoms with E-state index in [2.05, 4.69) is 0 Å². The van der Waals surface area contributed by atoms with Crippen molar-refractivity contribution < 1.29 is 45.2 Å². The monoisotopic (exact) mass is 646 g/mol. The Bertz CT molecular complexity index is 1810. The van der Waals surface area contributed by atoms with Gasteiger partial charge >= 0.3 is 13.8 Å². The molecule has 0 fully saturated rings. The number of ether oxygens (including phenoxy) is 1. The van der Waals surface area contributed by atoms with E-state index in [9.17, 15) is 35.9 Å². The highest BCUT2D eigenvalue weighted by Gasteiger charge is 2.39. The second kappa shape index (κ2) is 11.7. The molecule has 0 saturated carbocycles. The fourth-order valence-electron chi connectivity index (χ4n) is 4.06. The van der Waals surface area contributed by atoms with Crippen molar-refractivity contribution in [2.24, 2.45) is 0 Å². The molecule has 0 aliphatic heterocycles. The zero-order chi connectivity index (χ0) is 30.2. The summed E-state index contributed by atoms with van der Waals surface area (Å²) in [4.78, 5) is 19.8. The number of hydrogen-bond donors (Lipinski definition) is 3. The minimum absolute atomic E-state index is 0.129. The molecule has 1 atom stereocenters. The van der Waals surface area contributed by atoms with Crippen LogP contribution in [0, 0.1) is 18.3 Å². The number of pyridine rings is 1. The predicted octanol–water partition coefficient (Wildman–Crippen LogP) is 5.27. The molecule has 41 heavy (non-hydrogen) atoms. The van der Waals surface area contributed by atoms with E-state index < -0.39 is 46.3 Å². The summed E-state index contributed by atoms with van der Waals surface area (Å²) in [5.41, 5.74) is -2.76. The first-order chi connectivity index (χ1) is 19.1. The lowest BCUT2D eigenvalue weighted by Crippen LogP contribution is -2.35. The van der Waals surface area contributed by atoms with E-state index in [-0.39, 0.29) is 21.4 Å². The van der Waals surface area contributed by atoms with Crippen molar-refractivity contribution in [3.05, 3.63) is 88.2 Å². The minimum Gasteiger partial charge on any atom is -0.485 e. The summed E-state index contributed by atoms with van der Waals surface area (Å²) in [7, 11) is -10.1. The Morgan fingerprint density at radius 2 is 1.88 bits per heavy atom. The third-order valence-electron chi connectivity index (χ3n) is 5.97. The first-order valence-corrected chi connectivity index (χ1v) is 16.0. The third kappa shape index (κ3) is 6.73. The smallest absolute Gasteiger partial charge is 0.417 e. The highest BCUT2D eigenvalue weighted by molar-refractivity contribution is 7.92. The van der Waals surface area contributed by atoms with E-state index in [0.29, 0.717) is 28.4 Å².